The van der Waals surface area contributed by atoms with Crippen LogP contribution in [-0.2, 0) is 24.7 Å². The van der Waals surface area contributed by atoms with E-state index in [1.165, 1.54) is 4.90 Å². The Kier molecular flexibility index (Phi) is 4.86. The second kappa shape index (κ2) is 7.11. The average molecular weight is 420 g/mol. The van der Waals surface area contributed by atoms with E-state index in [1.807, 2.05) is 6.92 Å². The van der Waals surface area contributed by atoms with Gasteiger partial charge in [-0.15, -0.1) is 0 Å². The molecule has 0 saturated carbocycles. The number of carbonyl (C=O) groups is 4. The molecule has 9 heteroatoms. The van der Waals surface area contributed by atoms with Gasteiger partial charge in [-0.05, 0) is 31.0 Å². The summed E-state index contributed by atoms with van der Waals surface area (Å²) in [6.45, 7) is 2.26. The van der Waals surface area contributed by atoms with Crippen molar-refractivity contribution < 1.29 is 29.6 Å². The first kappa shape index (κ1) is 19.8. The number of carbonyl (C=O) groups excluding carboxylic acids is 4. The van der Waals surface area contributed by atoms with E-state index in [-0.39, 0.29) is 30.6 Å². The van der Waals surface area contributed by atoms with Gasteiger partial charge in [-0.3, -0.25) is 19.3 Å². The zero-order chi connectivity index (χ0) is 20.9. The van der Waals surface area contributed by atoms with Gasteiger partial charge in [0, 0.05) is 29.5 Å². The number of nitrogens with one attached hydrogen (secondary N) is 1. The summed E-state index contributed by atoms with van der Waals surface area (Å²) in [5, 5.41) is 16.0. The molecule has 1 spiro atoms. The van der Waals surface area contributed by atoms with Gasteiger partial charge in [0.25, 0.3) is 5.91 Å². The number of likely N-dealkylation sites (tertiary alicyclic amines) is 1. The highest BCUT2D eigenvalue weighted by atomic mass is 35.5. The van der Waals surface area contributed by atoms with E-state index >= 15 is 0 Å². The number of imide groups is 1. The van der Waals surface area contributed by atoms with Crippen molar-refractivity contribution in [3.8, 4) is 0 Å². The maximum atomic E-state index is 13.3. The fraction of sp³-hybridized carbons (Fsp3) is 0.500. The molecule has 0 aliphatic carbocycles. The largest absolute Gasteiger partial charge is 0.550 e. The molecule has 3 aliphatic heterocycles. The number of nitrogens with two attached hydrogens (primary N) is 1. The molecular weight excluding hydrogens is 398 g/mol. The zero-order valence-electron chi connectivity index (χ0n) is 15.9. The van der Waals surface area contributed by atoms with Gasteiger partial charge in [-0.25, -0.2) is 0 Å². The lowest BCUT2D eigenvalue weighted by Crippen LogP contribution is -2.99. The Hall–Kier alpha value is -2.45. The van der Waals surface area contributed by atoms with E-state index in [0.717, 1.165) is 6.42 Å². The fourth-order valence-corrected chi connectivity index (χ4v) is 5.25. The van der Waals surface area contributed by atoms with Crippen LogP contribution in [-0.4, -0.2) is 41.2 Å². The second-order valence-electron chi connectivity index (χ2n) is 7.94. The van der Waals surface area contributed by atoms with Crippen LogP contribution in [0.3, 0.4) is 0 Å². The minimum atomic E-state index is -1.32. The second-order valence-corrected chi connectivity index (χ2v) is 8.38. The predicted octanol–water partition coefficient (Wildman–Crippen LogP) is -0.636. The molecule has 3 aliphatic rings. The number of carboxylic acid groups (broad SMARTS) is 1. The van der Waals surface area contributed by atoms with Crippen molar-refractivity contribution in [1.29, 1.82) is 0 Å². The van der Waals surface area contributed by atoms with Crippen LogP contribution in [0.25, 0.3) is 0 Å². The zero-order valence-corrected chi connectivity index (χ0v) is 16.7. The van der Waals surface area contributed by atoms with Crippen LogP contribution in [0.5, 0.6) is 0 Å². The Morgan fingerprint density at radius 1 is 1.31 bits per heavy atom. The van der Waals surface area contributed by atoms with Crippen molar-refractivity contribution in [2.45, 2.75) is 44.2 Å². The molecule has 4 rings (SSSR count). The minimum absolute atomic E-state index is 0.134. The monoisotopic (exact) mass is 419 g/mol. The van der Waals surface area contributed by atoms with Gasteiger partial charge in [0.15, 0.2) is 0 Å². The van der Waals surface area contributed by atoms with E-state index in [4.69, 9.17) is 11.6 Å². The Bertz CT molecular complexity index is 919. The van der Waals surface area contributed by atoms with Gasteiger partial charge < -0.3 is 20.5 Å². The molecule has 0 bridgehead atoms. The Labute approximate surface area is 172 Å². The molecule has 3 heterocycles. The van der Waals surface area contributed by atoms with Gasteiger partial charge in [0.1, 0.15) is 17.9 Å². The number of halogens is 1. The molecule has 29 heavy (non-hydrogen) atoms. The topological polar surface area (TPSA) is 123 Å². The molecule has 1 aromatic rings. The molecule has 0 radical (unpaired) electrons. The number of fused-ring (bicyclic) bond motifs is 4. The maximum absolute atomic E-state index is 13.3. The Balaban J connectivity index is 1.81. The quantitative estimate of drug-likeness (QED) is 0.594. The molecule has 0 aromatic heterocycles. The summed E-state index contributed by atoms with van der Waals surface area (Å²) in [5.41, 5.74) is -0.198. The predicted molar refractivity (Wildman–Crippen MR) is 100 cm³/mol. The minimum Gasteiger partial charge on any atom is -0.550 e. The van der Waals surface area contributed by atoms with Crippen molar-refractivity contribution in [2.24, 2.45) is 11.8 Å². The first-order valence-electron chi connectivity index (χ1n) is 9.83. The highest BCUT2D eigenvalue weighted by Crippen LogP contribution is 2.50. The molecule has 0 unspecified atom stereocenters. The molecule has 154 valence electrons. The third kappa shape index (κ3) is 2.85. The summed E-state index contributed by atoms with van der Waals surface area (Å²) in [6, 6.07) is 4.46. The molecule has 4 atom stereocenters. The highest BCUT2D eigenvalue weighted by molar-refractivity contribution is 6.31. The molecule has 2 fully saturated rings. The Morgan fingerprint density at radius 3 is 2.76 bits per heavy atom. The normalized spacial score (nSPS) is 30.1. The third-order valence-corrected chi connectivity index (χ3v) is 6.57. The van der Waals surface area contributed by atoms with E-state index in [0.29, 0.717) is 29.2 Å². The first-order chi connectivity index (χ1) is 13.8. The number of nitrogens with zero attached hydrogens (tertiary/aromatic N) is 1. The Morgan fingerprint density at radius 2 is 2.07 bits per heavy atom. The van der Waals surface area contributed by atoms with E-state index in [1.54, 1.807) is 23.5 Å². The number of quaternary nitrogens is 1. The van der Waals surface area contributed by atoms with Crippen LogP contribution < -0.4 is 15.7 Å². The highest BCUT2D eigenvalue weighted by Gasteiger charge is 2.73. The van der Waals surface area contributed by atoms with Gasteiger partial charge >= 0.3 is 0 Å². The standard InChI is InChI=1S/C20H22ClN3O5/c1-2-3-8-24-17(27)15-13(6-7-14(25)26)23-20(16(15)18(24)28)11-9-10(21)4-5-12(11)22-19(20)29/h4-5,9,13,15-16,23H,2-3,6-8H2,1H3,(H,22,29)(H,25,26)/t13-,15+,16-,20-/m0/s1. The molecular formula is C20H22ClN3O5. The number of benzene rings is 1. The smallest absolute Gasteiger partial charge is 0.291 e. The van der Waals surface area contributed by atoms with Crippen molar-refractivity contribution in [3.05, 3.63) is 28.8 Å². The number of amides is 3. The molecule has 1 aromatic carbocycles. The average Bonchev–Trinajstić information content (AvgIpc) is 3.24. The first-order valence-corrected chi connectivity index (χ1v) is 10.2. The number of hydrogen-bond acceptors (Lipinski definition) is 5. The number of unbranched alkanes of at least 4 members (excludes halogenated alkanes) is 1. The van der Waals surface area contributed by atoms with Gasteiger partial charge in [-0.1, -0.05) is 24.9 Å². The van der Waals surface area contributed by atoms with Crippen LogP contribution in [0.15, 0.2) is 18.2 Å². The van der Waals surface area contributed by atoms with Crippen molar-refractivity contribution in [1.82, 2.24) is 4.90 Å². The van der Waals surface area contributed by atoms with Gasteiger partial charge in [-0.2, -0.15) is 0 Å². The summed E-state index contributed by atoms with van der Waals surface area (Å²) >= 11 is 6.18. The lowest BCUT2D eigenvalue weighted by Gasteiger charge is -2.26. The lowest BCUT2D eigenvalue weighted by atomic mass is 9.76. The number of anilines is 1. The number of aliphatic carboxylic acids is 1. The van der Waals surface area contributed by atoms with E-state index in [9.17, 15) is 24.3 Å². The SMILES string of the molecule is CCCCN1C(=O)[C@@H]2[C@H](CCC(=O)[O-])[NH2+][C@]3(C(=O)Nc4ccc(Cl)cc43)[C@@H]2C1=O. The fourth-order valence-electron chi connectivity index (χ4n) is 5.08. The van der Waals surface area contributed by atoms with Gasteiger partial charge in [0.05, 0.1) is 5.69 Å². The number of hydrogen-bond donors (Lipinski definition) is 2. The van der Waals surface area contributed by atoms with Gasteiger partial charge in [0.2, 0.25) is 17.4 Å². The van der Waals surface area contributed by atoms with Crippen LogP contribution in [0.2, 0.25) is 5.02 Å². The molecule has 8 nitrogen and oxygen atoms in total. The number of carboxylic acids is 1. The van der Waals surface area contributed by atoms with Crippen LogP contribution in [0, 0.1) is 11.8 Å². The molecule has 3 N–H and O–H groups in total. The summed E-state index contributed by atoms with van der Waals surface area (Å²) in [6.07, 6.45) is 1.37. The van der Waals surface area contributed by atoms with Crippen molar-refractivity contribution >= 4 is 41.0 Å². The van der Waals surface area contributed by atoms with Crippen molar-refractivity contribution in [3.63, 3.8) is 0 Å². The molecule has 3 amide bonds. The van der Waals surface area contributed by atoms with E-state index < -0.39 is 29.4 Å². The third-order valence-electron chi connectivity index (χ3n) is 6.34. The van der Waals surface area contributed by atoms with E-state index in [2.05, 4.69) is 5.32 Å². The molecule has 2 saturated heterocycles. The summed E-state index contributed by atoms with van der Waals surface area (Å²) in [7, 11) is 0. The summed E-state index contributed by atoms with van der Waals surface area (Å²) in [5.74, 6) is -3.95. The van der Waals surface area contributed by atoms with Crippen LogP contribution >= 0.6 is 11.6 Å². The number of rotatable bonds is 6. The lowest BCUT2D eigenvalue weighted by molar-refractivity contribution is -0.734. The summed E-state index contributed by atoms with van der Waals surface area (Å²) < 4.78 is 0. The van der Waals surface area contributed by atoms with Crippen LogP contribution in [0.4, 0.5) is 5.69 Å². The maximum Gasteiger partial charge on any atom is 0.291 e. The van der Waals surface area contributed by atoms with Crippen LogP contribution in [0.1, 0.15) is 38.2 Å². The summed E-state index contributed by atoms with van der Waals surface area (Å²) in [4.78, 5) is 51.9. The van der Waals surface area contributed by atoms with Crippen molar-refractivity contribution in [2.75, 3.05) is 11.9 Å².